The van der Waals surface area contributed by atoms with Crippen LogP contribution in [0.3, 0.4) is 0 Å². The van der Waals surface area contributed by atoms with Crippen molar-refractivity contribution >= 4 is 5.78 Å². The maximum absolute atomic E-state index is 12.3. The standard InChI is InChI=1S/C18H28O3/c1-13(2)10-17(19)15(4)18(20)14(3)11-21-12-16-8-6-5-7-9-16/h5-9,13-15,17,19H,10-12H2,1-4H3/t14-,15+,17-/m0/s1. The van der Waals surface area contributed by atoms with Gasteiger partial charge < -0.3 is 9.84 Å². The lowest BCUT2D eigenvalue weighted by Gasteiger charge is -2.22. The Bertz CT molecular complexity index is 414. The Morgan fingerprint density at radius 1 is 1.14 bits per heavy atom. The number of benzene rings is 1. The van der Waals surface area contributed by atoms with Crippen LogP contribution in [0, 0.1) is 17.8 Å². The zero-order valence-corrected chi connectivity index (χ0v) is 13.6. The summed E-state index contributed by atoms with van der Waals surface area (Å²) in [5, 5.41) is 10.0. The first-order valence-electron chi connectivity index (χ1n) is 7.75. The van der Waals surface area contributed by atoms with Crippen LogP contribution in [0.2, 0.25) is 0 Å². The van der Waals surface area contributed by atoms with Gasteiger partial charge in [0, 0.05) is 11.8 Å². The molecule has 1 aromatic carbocycles. The zero-order chi connectivity index (χ0) is 15.8. The van der Waals surface area contributed by atoms with E-state index < -0.39 is 6.10 Å². The average molecular weight is 292 g/mol. The van der Waals surface area contributed by atoms with Crippen LogP contribution >= 0.6 is 0 Å². The predicted molar refractivity (Wildman–Crippen MR) is 84.9 cm³/mol. The Balaban J connectivity index is 2.36. The van der Waals surface area contributed by atoms with Crippen molar-refractivity contribution in [2.75, 3.05) is 6.61 Å². The number of ether oxygens (including phenoxy) is 1. The van der Waals surface area contributed by atoms with Gasteiger partial charge in [0.15, 0.2) is 0 Å². The molecule has 0 saturated heterocycles. The Labute approximate surface area is 128 Å². The Hall–Kier alpha value is -1.19. The summed E-state index contributed by atoms with van der Waals surface area (Å²) in [6.07, 6.45) is 0.0962. The molecule has 3 atom stereocenters. The summed E-state index contributed by atoms with van der Waals surface area (Å²) < 4.78 is 5.61. The van der Waals surface area contributed by atoms with Crippen LogP contribution in [-0.4, -0.2) is 23.6 Å². The zero-order valence-electron chi connectivity index (χ0n) is 13.6. The molecular formula is C18H28O3. The highest BCUT2D eigenvalue weighted by molar-refractivity contribution is 5.83. The molecule has 0 fully saturated rings. The third-order valence-corrected chi connectivity index (χ3v) is 3.70. The highest BCUT2D eigenvalue weighted by Gasteiger charge is 2.26. The first kappa shape index (κ1) is 17.9. The monoisotopic (exact) mass is 292 g/mol. The van der Waals surface area contributed by atoms with Crippen LogP contribution < -0.4 is 0 Å². The van der Waals surface area contributed by atoms with Crippen LogP contribution in [0.5, 0.6) is 0 Å². The van der Waals surface area contributed by atoms with Crippen LogP contribution in [-0.2, 0) is 16.1 Å². The molecule has 0 spiro atoms. The summed E-state index contributed by atoms with van der Waals surface area (Å²) in [6.45, 7) is 8.68. The van der Waals surface area contributed by atoms with Gasteiger partial charge >= 0.3 is 0 Å². The van der Waals surface area contributed by atoms with E-state index >= 15 is 0 Å². The predicted octanol–water partition coefficient (Wildman–Crippen LogP) is 3.45. The number of hydrogen-bond donors (Lipinski definition) is 1. The van der Waals surface area contributed by atoms with E-state index in [0.29, 0.717) is 25.6 Å². The van der Waals surface area contributed by atoms with Gasteiger partial charge in [-0.05, 0) is 17.9 Å². The molecule has 0 aliphatic carbocycles. The summed E-state index contributed by atoms with van der Waals surface area (Å²) >= 11 is 0. The van der Waals surface area contributed by atoms with E-state index in [1.54, 1.807) is 0 Å². The van der Waals surface area contributed by atoms with Gasteiger partial charge in [-0.25, -0.2) is 0 Å². The molecule has 1 rings (SSSR count). The van der Waals surface area contributed by atoms with E-state index in [0.717, 1.165) is 5.56 Å². The molecule has 1 N–H and O–H groups in total. The second-order valence-corrected chi connectivity index (χ2v) is 6.29. The minimum Gasteiger partial charge on any atom is -0.392 e. The fraction of sp³-hybridized carbons (Fsp3) is 0.611. The molecule has 0 amide bonds. The van der Waals surface area contributed by atoms with Gasteiger partial charge in [0.25, 0.3) is 0 Å². The van der Waals surface area contributed by atoms with Crippen molar-refractivity contribution in [1.82, 2.24) is 0 Å². The molecule has 0 aliphatic rings. The molecular weight excluding hydrogens is 264 g/mol. The Kier molecular flexibility index (Phi) is 7.62. The highest BCUT2D eigenvalue weighted by atomic mass is 16.5. The van der Waals surface area contributed by atoms with Gasteiger partial charge in [-0.2, -0.15) is 0 Å². The maximum Gasteiger partial charge on any atom is 0.143 e. The van der Waals surface area contributed by atoms with Crippen molar-refractivity contribution < 1.29 is 14.6 Å². The summed E-state index contributed by atoms with van der Waals surface area (Å²) in [6, 6.07) is 9.91. The van der Waals surface area contributed by atoms with Crippen LogP contribution in [0.25, 0.3) is 0 Å². The number of ketones is 1. The van der Waals surface area contributed by atoms with E-state index in [1.807, 2.05) is 58.0 Å². The topological polar surface area (TPSA) is 46.5 Å². The van der Waals surface area contributed by atoms with Crippen LogP contribution in [0.4, 0.5) is 0 Å². The van der Waals surface area contributed by atoms with E-state index in [4.69, 9.17) is 4.74 Å². The molecule has 3 heteroatoms. The number of rotatable bonds is 9. The summed E-state index contributed by atoms with van der Waals surface area (Å²) in [4.78, 5) is 12.3. The Morgan fingerprint density at radius 2 is 1.76 bits per heavy atom. The molecule has 0 aliphatic heterocycles. The molecule has 3 nitrogen and oxygen atoms in total. The molecule has 0 unspecified atom stereocenters. The van der Waals surface area contributed by atoms with Gasteiger partial charge in [0.1, 0.15) is 5.78 Å². The third kappa shape index (κ3) is 6.40. The van der Waals surface area contributed by atoms with Crippen LogP contribution in [0.15, 0.2) is 30.3 Å². The number of aliphatic hydroxyl groups is 1. The minimum absolute atomic E-state index is 0.0798. The van der Waals surface area contributed by atoms with Gasteiger partial charge in [-0.15, -0.1) is 0 Å². The quantitative estimate of drug-likeness (QED) is 0.758. The number of carbonyl (C=O) groups excluding carboxylic acids is 1. The van der Waals surface area contributed by atoms with E-state index in [2.05, 4.69) is 0 Å². The molecule has 1 aromatic rings. The van der Waals surface area contributed by atoms with E-state index in [9.17, 15) is 9.90 Å². The molecule has 0 bridgehead atoms. The highest BCUT2D eigenvalue weighted by Crippen LogP contribution is 2.18. The molecule has 0 heterocycles. The van der Waals surface area contributed by atoms with Gasteiger partial charge in [0.05, 0.1) is 19.3 Å². The van der Waals surface area contributed by atoms with Crippen molar-refractivity contribution in [2.45, 2.75) is 46.8 Å². The molecule has 118 valence electrons. The fourth-order valence-electron chi connectivity index (χ4n) is 2.34. The third-order valence-electron chi connectivity index (χ3n) is 3.70. The smallest absolute Gasteiger partial charge is 0.143 e. The lowest BCUT2D eigenvalue weighted by molar-refractivity contribution is -0.131. The SMILES string of the molecule is CC(C)C[C@H](O)[C@@H](C)C(=O)[C@@H](C)COCc1ccccc1. The average Bonchev–Trinajstić information content (AvgIpc) is 2.46. The Morgan fingerprint density at radius 3 is 2.33 bits per heavy atom. The number of carbonyl (C=O) groups is 1. The first-order chi connectivity index (χ1) is 9.91. The van der Waals surface area contributed by atoms with Crippen molar-refractivity contribution in [3.05, 3.63) is 35.9 Å². The second-order valence-electron chi connectivity index (χ2n) is 6.29. The van der Waals surface area contributed by atoms with Gasteiger partial charge in [0.2, 0.25) is 0 Å². The molecule has 0 aromatic heterocycles. The van der Waals surface area contributed by atoms with Gasteiger partial charge in [-0.3, -0.25) is 4.79 Å². The van der Waals surface area contributed by atoms with Crippen molar-refractivity contribution in [2.24, 2.45) is 17.8 Å². The summed E-state index contributed by atoms with van der Waals surface area (Å²) in [5.74, 6) is -0.0515. The summed E-state index contributed by atoms with van der Waals surface area (Å²) in [5.41, 5.74) is 1.10. The van der Waals surface area contributed by atoms with Crippen molar-refractivity contribution in [3.8, 4) is 0 Å². The van der Waals surface area contributed by atoms with E-state index in [1.165, 1.54) is 0 Å². The minimum atomic E-state index is -0.561. The molecule has 0 radical (unpaired) electrons. The largest absolute Gasteiger partial charge is 0.392 e. The lowest BCUT2D eigenvalue weighted by atomic mass is 9.88. The van der Waals surface area contributed by atoms with E-state index in [-0.39, 0.29) is 17.6 Å². The number of Topliss-reactive ketones (excluding diaryl/α,β-unsaturated/α-hetero) is 1. The second kappa shape index (κ2) is 8.96. The number of aliphatic hydroxyl groups excluding tert-OH is 1. The fourth-order valence-corrected chi connectivity index (χ4v) is 2.34. The lowest BCUT2D eigenvalue weighted by Crippen LogP contribution is -2.32. The van der Waals surface area contributed by atoms with Crippen LogP contribution in [0.1, 0.15) is 39.7 Å². The van der Waals surface area contributed by atoms with Gasteiger partial charge in [-0.1, -0.05) is 58.0 Å². The van der Waals surface area contributed by atoms with Crippen molar-refractivity contribution in [3.63, 3.8) is 0 Å². The molecule has 21 heavy (non-hydrogen) atoms. The maximum atomic E-state index is 12.3. The number of hydrogen-bond acceptors (Lipinski definition) is 3. The normalized spacial score (nSPS) is 15.7. The molecule has 0 saturated carbocycles. The van der Waals surface area contributed by atoms with Crippen molar-refractivity contribution in [1.29, 1.82) is 0 Å². The first-order valence-corrected chi connectivity index (χ1v) is 7.75. The summed E-state index contributed by atoms with van der Waals surface area (Å²) in [7, 11) is 0.